The Morgan fingerprint density at radius 3 is 0.927 bits per heavy atom. The maximum atomic E-state index is 5.56. The molecule has 0 N–H and O–H groups in total. The third-order valence-corrected chi connectivity index (χ3v) is 5.02. The first-order valence-corrected chi connectivity index (χ1v) is 14.3. The summed E-state index contributed by atoms with van der Waals surface area (Å²) in [6.07, 6.45) is 5.08. The Bertz CT molecular complexity index is 672. The molecule has 0 saturated carbocycles. The van der Waals surface area contributed by atoms with Gasteiger partial charge in [0.2, 0.25) is 0 Å². The monoisotopic (exact) mass is 586 g/mol. The van der Waals surface area contributed by atoms with Crippen molar-refractivity contribution >= 4 is 0 Å². The van der Waals surface area contributed by atoms with E-state index in [-0.39, 0.29) is 0 Å². The van der Waals surface area contributed by atoms with Gasteiger partial charge in [-0.3, -0.25) is 0 Å². The third-order valence-electron chi connectivity index (χ3n) is 5.02. The van der Waals surface area contributed by atoms with Gasteiger partial charge in [0.25, 0.3) is 0 Å². The Balaban J connectivity index is 1.62. The van der Waals surface area contributed by atoms with E-state index in [0.29, 0.717) is 145 Å². The lowest BCUT2D eigenvalue weighted by Gasteiger charge is -2.09. The molecule has 0 heterocycles. The lowest BCUT2D eigenvalue weighted by Crippen LogP contribution is -2.15. The second kappa shape index (κ2) is 32.8. The van der Waals surface area contributed by atoms with Gasteiger partial charge in [-0.25, -0.2) is 0 Å². The second-order valence-electron chi connectivity index (χ2n) is 8.31. The first-order valence-electron chi connectivity index (χ1n) is 14.3. The molecule has 1 rings (SSSR count). The van der Waals surface area contributed by atoms with Crippen molar-refractivity contribution in [3.8, 4) is 12.3 Å². The molecule has 0 radical (unpaired) electrons. The fraction of sp³-hybridized carbons (Fsp3) is 0.733. The van der Waals surface area contributed by atoms with E-state index in [1.54, 1.807) is 0 Å². The summed E-state index contributed by atoms with van der Waals surface area (Å²) in [5.41, 5.74) is 1.16. The first kappa shape index (κ1) is 37.4. The molecule has 0 amide bonds. The van der Waals surface area contributed by atoms with Gasteiger partial charge >= 0.3 is 0 Å². The molecule has 0 aliphatic rings. The van der Waals surface area contributed by atoms with Gasteiger partial charge in [-0.1, -0.05) is 36.3 Å². The standard InChI is InChI=1S/C30H50O11/c1-2-8-31-9-10-32-11-12-33-13-14-34-15-16-35-17-18-36-19-20-37-21-22-38-23-24-39-25-26-40-27-28-41-29-30-6-4-3-5-7-30/h1,3-7H,8-29H2. The van der Waals surface area contributed by atoms with E-state index in [9.17, 15) is 0 Å². The zero-order valence-corrected chi connectivity index (χ0v) is 24.5. The summed E-state index contributed by atoms with van der Waals surface area (Å²) in [5.74, 6) is 2.40. The zero-order valence-electron chi connectivity index (χ0n) is 24.5. The quantitative estimate of drug-likeness (QED) is 0.0893. The van der Waals surface area contributed by atoms with Gasteiger partial charge in [-0.05, 0) is 5.56 Å². The SMILES string of the molecule is C#CCOCCOCCOCCOCCOCCOCCOCCOCCOCCOCCOCc1ccccc1. The lowest BCUT2D eigenvalue weighted by molar-refractivity contribution is -0.0274. The molecule has 1 aromatic rings. The fourth-order valence-electron chi connectivity index (χ4n) is 2.99. The second-order valence-corrected chi connectivity index (χ2v) is 8.31. The summed E-state index contributed by atoms with van der Waals surface area (Å²) in [6, 6.07) is 10.1. The molecule has 0 aliphatic carbocycles. The Hall–Kier alpha value is -1.66. The molecule has 0 spiro atoms. The number of hydrogen-bond donors (Lipinski definition) is 0. The van der Waals surface area contributed by atoms with E-state index in [2.05, 4.69) is 5.92 Å². The summed E-state index contributed by atoms with van der Waals surface area (Å²) in [5, 5.41) is 0. The van der Waals surface area contributed by atoms with Crippen LogP contribution in [0.4, 0.5) is 0 Å². The summed E-state index contributed by atoms with van der Waals surface area (Å²) < 4.78 is 59.6. The van der Waals surface area contributed by atoms with Crippen molar-refractivity contribution < 1.29 is 52.1 Å². The van der Waals surface area contributed by atoms with E-state index in [1.165, 1.54) is 0 Å². The predicted octanol–water partition coefficient (Wildman–Crippen LogP) is 2.00. The highest BCUT2D eigenvalue weighted by molar-refractivity contribution is 5.13. The Labute approximate surface area is 245 Å². The topological polar surface area (TPSA) is 102 Å². The van der Waals surface area contributed by atoms with Crippen LogP contribution in [0.2, 0.25) is 0 Å². The molecule has 41 heavy (non-hydrogen) atoms. The largest absolute Gasteiger partial charge is 0.377 e. The average molecular weight is 587 g/mol. The smallest absolute Gasteiger partial charge is 0.107 e. The number of terminal acetylenes is 1. The van der Waals surface area contributed by atoms with E-state index in [4.69, 9.17) is 58.5 Å². The minimum atomic E-state index is 0.309. The summed E-state index contributed by atoms with van der Waals surface area (Å²) in [4.78, 5) is 0. The van der Waals surface area contributed by atoms with Crippen molar-refractivity contribution in [1.29, 1.82) is 0 Å². The van der Waals surface area contributed by atoms with Gasteiger partial charge in [0.15, 0.2) is 0 Å². The average Bonchev–Trinajstić information content (AvgIpc) is 3.00. The predicted molar refractivity (Wildman–Crippen MR) is 153 cm³/mol. The number of hydrogen-bond acceptors (Lipinski definition) is 11. The molecule has 1 aromatic carbocycles. The Morgan fingerprint density at radius 1 is 0.366 bits per heavy atom. The number of benzene rings is 1. The first-order chi connectivity index (χ1) is 20.4. The van der Waals surface area contributed by atoms with Crippen LogP contribution in [0, 0.1) is 12.3 Å². The van der Waals surface area contributed by atoms with E-state index < -0.39 is 0 Å². The van der Waals surface area contributed by atoms with Gasteiger partial charge < -0.3 is 52.1 Å². The molecule has 11 nitrogen and oxygen atoms in total. The van der Waals surface area contributed by atoms with Gasteiger partial charge in [-0.15, -0.1) is 6.42 Å². The third kappa shape index (κ3) is 29.6. The van der Waals surface area contributed by atoms with Gasteiger partial charge in [0.05, 0.1) is 139 Å². The maximum absolute atomic E-state index is 5.56. The summed E-state index contributed by atoms with van der Waals surface area (Å²) in [6.45, 7) is 11.3. The summed E-state index contributed by atoms with van der Waals surface area (Å²) >= 11 is 0. The van der Waals surface area contributed by atoms with Crippen LogP contribution >= 0.6 is 0 Å². The lowest BCUT2D eigenvalue weighted by atomic mass is 10.2. The molecule has 11 heteroatoms. The van der Waals surface area contributed by atoms with Crippen molar-refractivity contribution in [2.45, 2.75) is 6.61 Å². The van der Waals surface area contributed by atoms with E-state index >= 15 is 0 Å². The molecular weight excluding hydrogens is 536 g/mol. The molecule has 0 atom stereocenters. The van der Waals surface area contributed by atoms with E-state index in [1.807, 2.05) is 30.3 Å². The van der Waals surface area contributed by atoms with Gasteiger partial charge in [0.1, 0.15) is 6.61 Å². The normalized spacial score (nSPS) is 11.2. The fourth-order valence-corrected chi connectivity index (χ4v) is 2.99. The van der Waals surface area contributed by atoms with Gasteiger partial charge in [0, 0.05) is 0 Å². The number of ether oxygens (including phenoxy) is 11. The molecule has 0 unspecified atom stereocenters. The van der Waals surface area contributed by atoms with Crippen LogP contribution in [0.25, 0.3) is 0 Å². The molecule has 0 bridgehead atoms. The maximum Gasteiger partial charge on any atom is 0.107 e. The van der Waals surface area contributed by atoms with Crippen LogP contribution < -0.4 is 0 Å². The van der Waals surface area contributed by atoms with Crippen molar-refractivity contribution in [2.24, 2.45) is 0 Å². The molecule has 0 saturated heterocycles. The highest BCUT2D eigenvalue weighted by Crippen LogP contribution is 2.00. The van der Waals surface area contributed by atoms with Crippen molar-refractivity contribution in [3.63, 3.8) is 0 Å². The Kier molecular flexibility index (Phi) is 29.9. The van der Waals surface area contributed by atoms with Crippen molar-refractivity contribution in [1.82, 2.24) is 0 Å². The van der Waals surface area contributed by atoms with Crippen LogP contribution in [-0.2, 0) is 58.7 Å². The highest BCUT2D eigenvalue weighted by Gasteiger charge is 1.96. The van der Waals surface area contributed by atoms with Crippen LogP contribution in [0.5, 0.6) is 0 Å². The van der Waals surface area contributed by atoms with Crippen LogP contribution in [-0.4, -0.2) is 139 Å². The summed E-state index contributed by atoms with van der Waals surface area (Å²) in [7, 11) is 0. The van der Waals surface area contributed by atoms with E-state index in [0.717, 1.165) is 5.56 Å². The van der Waals surface area contributed by atoms with Crippen molar-refractivity contribution in [3.05, 3.63) is 35.9 Å². The van der Waals surface area contributed by atoms with Crippen LogP contribution in [0.1, 0.15) is 5.56 Å². The van der Waals surface area contributed by atoms with Crippen LogP contribution in [0.3, 0.4) is 0 Å². The minimum Gasteiger partial charge on any atom is -0.377 e. The van der Waals surface area contributed by atoms with Gasteiger partial charge in [-0.2, -0.15) is 0 Å². The molecule has 236 valence electrons. The van der Waals surface area contributed by atoms with Crippen molar-refractivity contribution in [2.75, 3.05) is 139 Å². The number of rotatable bonds is 33. The highest BCUT2D eigenvalue weighted by atomic mass is 16.6. The molecule has 0 aromatic heterocycles. The molecule has 0 fully saturated rings. The Morgan fingerprint density at radius 2 is 0.634 bits per heavy atom. The molecule has 0 aliphatic heterocycles. The van der Waals surface area contributed by atoms with Crippen LogP contribution in [0.15, 0.2) is 30.3 Å². The minimum absolute atomic E-state index is 0.309. The zero-order chi connectivity index (χ0) is 29.2. The molecular formula is C30H50O11.